The van der Waals surface area contributed by atoms with Crippen molar-refractivity contribution in [1.29, 1.82) is 0 Å². The van der Waals surface area contributed by atoms with Crippen molar-refractivity contribution in [2.24, 2.45) is 0 Å². The minimum absolute atomic E-state index is 0.658. The molecule has 0 rings (SSSR count). The summed E-state index contributed by atoms with van der Waals surface area (Å²) in [5.74, 6) is 0. The second-order valence-corrected chi connectivity index (χ2v) is 9.97. The predicted octanol–water partition coefficient (Wildman–Crippen LogP) is 2.46. The molecule has 0 aliphatic rings. The van der Waals surface area contributed by atoms with Gasteiger partial charge in [-0.15, -0.1) is 0 Å². The predicted molar refractivity (Wildman–Crippen MR) is 31.9 cm³/mol. The van der Waals surface area contributed by atoms with E-state index in [1.165, 1.54) is 5.57 Å². The Morgan fingerprint density at radius 2 is 2.29 bits per heavy atom. The van der Waals surface area contributed by atoms with Crippen molar-refractivity contribution in [3.8, 4) is 0 Å². The first-order chi connectivity index (χ1) is 3.27. The summed E-state index contributed by atoms with van der Waals surface area (Å²) in [4.78, 5) is 0. The first-order valence-corrected chi connectivity index (χ1v) is 17.3. The zero-order valence-electron chi connectivity index (χ0n) is 4.66. The third kappa shape index (κ3) is 6.94. The van der Waals surface area contributed by atoms with Gasteiger partial charge in [0.25, 0.3) is 0 Å². The Morgan fingerprint density at radius 1 is 1.71 bits per heavy atom. The van der Waals surface area contributed by atoms with Crippen molar-refractivity contribution in [2.45, 2.75) is 13.8 Å². The molecular weight excluding hydrogens is 341 g/mol. The Balaban J connectivity index is 3.62. The van der Waals surface area contributed by atoms with Gasteiger partial charge in [-0.3, -0.25) is 0 Å². The molecule has 0 unspecified atom stereocenters. The molecular formula is C5H7BrHg. The molecule has 0 amide bonds. The van der Waals surface area contributed by atoms with Crippen LogP contribution in [0.4, 0.5) is 0 Å². The Kier molecular flexibility index (Phi) is 5.76. The molecule has 0 atom stereocenters. The number of rotatable bonds is 1. The normalized spacial score (nSPS) is 6.14. The Hall–Kier alpha value is 0.935. The number of halogens is 1. The number of allylic oxidation sites excluding steroid dienone is 1. The maximum atomic E-state index is 3.47. The van der Waals surface area contributed by atoms with Gasteiger partial charge in [-0.05, 0) is 0 Å². The van der Waals surface area contributed by atoms with Crippen LogP contribution in [0.25, 0.3) is 0 Å². The molecule has 0 bridgehead atoms. The van der Waals surface area contributed by atoms with Crippen molar-refractivity contribution in [3.63, 3.8) is 0 Å². The van der Waals surface area contributed by atoms with Crippen molar-refractivity contribution < 1.29 is 22.1 Å². The van der Waals surface area contributed by atoms with Crippen molar-refractivity contribution in [1.82, 2.24) is 0 Å². The maximum absolute atomic E-state index is 3.47. The van der Waals surface area contributed by atoms with E-state index in [0.717, 1.165) is 0 Å². The van der Waals surface area contributed by atoms with Crippen LogP contribution in [0.5, 0.6) is 0 Å². The second-order valence-electron chi connectivity index (χ2n) is 1.50. The molecule has 0 aromatic rings. The van der Waals surface area contributed by atoms with Gasteiger partial charge in [-0.25, -0.2) is 0 Å². The van der Waals surface area contributed by atoms with Crippen LogP contribution in [0.2, 0.25) is 0 Å². The van der Waals surface area contributed by atoms with Gasteiger partial charge in [0.05, 0.1) is 0 Å². The molecule has 0 aromatic carbocycles. The van der Waals surface area contributed by atoms with E-state index >= 15 is 0 Å². The monoisotopic (exact) mass is 348 g/mol. The Morgan fingerprint density at radius 3 is 2.43 bits per heavy atom. The van der Waals surface area contributed by atoms with E-state index in [2.05, 4.69) is 35.1 Å². The van der Waals surface area contributed by atoms with E-state index in [1.807, 2.05) is 0 Å². The fraction of sp³-hybridized carbons (Fsp3) is 0.400. The van der Waals surface area contributed by atoms with E-state index < -0.39 is 22.1 Å². The zero-order chi connectivity index (χ0) is 5.70. The molecule has 0 saturated carbocycles. The number of hydrogen-bond donors (Lipinski definition) is 0. The molecule has 0 aromatic heterocycles. The van der Waals surface area contributed by atoms with Crippen LogP contribution in [-0.2, 0) is 22.1 Å². The third-order valence-electron chi connectivity index (χ3n) is 0.468. The van der Waals surface area contributed by atoms with Gasteiger partial charge in [0.1, 0.15) is 0 Å². The summed E-state index contributed by atoms with van der Waals surface area (Å²) < 4.78 is 2.18. The van der Waals surface area contributed by atoms with Gasteiger partial charge in [0, 0.05) is 0 Å². The molecule has 0 nitrogen and oxygen atoms in total. The van der Waals surface area contributed by atoms with Crippen LogP contribution in [0, 0.1) is 0 Å². The van der Waals surface area contributed by atoms with Gasteiger partial charge >= 0.3 is 62.8 Å². The van der Waals surface area contributed by atoms with E-state index in [0.29, 0.717) is 0 Å². The Labute approximate surface area is 62.4 Å². The summed E-state index contributed by atoms with van der Waals surface area (Å²) in [6.07, 6.45) is 0. The molecule has 0 saturated heterocycles. The van der Waals surface area contributed by atoms with Crippen LogP contribution in [0.3, 0.4) is 0 Å². The Bertz CT molecular complexity index is 96.6. The van der Waals surface area contributed by atoms with Crippen molar-refractivity contribution in [2.75, 3.05) is 0 Å². The summed E-state index contributed by atoms with van der Waals surface area (Å²) in [7, 11) is 0. The standard InChI is InChI=1S/C5H7.BrH.Hg/c1-4-5(2)3;;/h1H,2-3H3;1H;/q;;+1/p-1. The van der Waals surface area contributed by atoms with Crippen LogP contribution < -0.4 is 0 Å². The van der Waals surface area contributed by atoms with Gasteiger partial charge in [-0.1, -0.05) is 0 Å². The average Bonchev–Trinajstić information content (AvgIpc) is 1.61. The molecule has 0 radical (unpaired) electrons. The summed E-state index contributed by atoms with van der Waals surface area (Å²) in [6.45, 7) is 4.12. The van der Waals surface area contributed by atoms with Gasteiger partial charge in [-0.2, -0.15) is 0 Å². The van der Waals surface area contributed by atoms with Crippen LogP contribution in [-0.4, -0.2) is 0 Å². The van der Waals surface area contributed by atoms with Gasteiger partial charge < -0.3 is 0 Å². The van der Waals surface area contributed by atoms with Crippen LogP contribution in [0.15, 0.2) is 14.9 Å². The molecule has 0 fully saturated rings. The summed E-state index contributed by atoms with van der Waals surface area (Å²) >= 11 is 2.81. The first-order valence-electron chi connectivity index (χ1n) is 2.21. The third-order valence-corrected chi connectivity index (χ3v) is 4.70. The van der Waals surface area contributed by atoms with E-state index in [1.54, 1.807) is 0 Å². The minimum atomic E-state index is -0.658. The molecule has 36 valence electrons. The van der Waals surface area contributed by atoms with Crippen molar-refractivity contribution >= 4 is 11.9 Å². The van der Waals surface area contributed by atoms with E-state index in [4.69, 9.17) is 0 Å². The van der Waals surface area contributed by atoms with Crippen molar-refractivity contribution in [3.05, 3.63) is 14.9 Å². The molecule has 7 heavy (non-hydrogen) atoms. The molecule has 0 N–H and O–H groups in total. The second kappa shape index (κ2) is 5.08. The molecule has 0 aliphatic heterocycles. The van der Waals surface area contributed by atoms with Gasteiger partial charge in [0.2, 0.25) is 0 Å². The summed E-state index contributed by atoms with van der Waals surface area (Å²) in [5, 5.41) is 0. The molecule has 0 heterocycles. The average molecular weight is 348 g/mol. The summed E-state index contributed by atoms with van der Waals surface area (Å²) in [6, 6.07) is 0. The van der Waals surface area contributed by atoms with E-state index in [-0.39, 0.29) is 0 Å². The molecule has 0 spiro atoms. The van der Waals surface area contributed by atoms with Crippen LogP contribution >= 0.6 is 11.9 Å². The molecule has 0 aliphatic carbocycles. The quantitative estimate of drug-likeness (QED) is 0.505. The zero-order valence-corrected chi connectivity index (χ0v) is 11.7. The fourth-order valence-electron chi connectivity index (χ4n) is 0.243. The van der Waals surface area contributed by atoms with E-state index in [9.17, 15) is 0 Å². The summed E-state index contributed by atoms with van der Waals surface area (Å²) in [5.41, 5.74) is 4.42. The van der Waals surface area contributed by atoms with Gasteiger partial charge in [0.15, 0.2) is 0 Å². The molecule has 2 heteroatoms. The SMILES string of the molecule is CC(C)=C=[CH][Hg][Br]. The fourth-order valence-corrected chi connectivity index (χ4v) is 3.55. The number of hydrogen-bond acceptors (Lipinski definition) is 0. The topological polar surface area (TPSA) is 0 Å². The first kappa shape index (κ1) is 7.94. The van der Waals surface area contributed by atoms with Crippen LogP contribution in [0.1, 0.15) is 13.8 Å².